The standard InChI is InChI=1S/C13H10ClFN2S/c14-10-2-1-3-11(12(10)15)17-9-6-4-8(5-7-9)13(16)18/h1-7,17H,(H2,16,18). The SMILES string of the molecule is NC(=S)c1ccc(Nc2cccc(Cl)c2F)cc1. The molecule has 2 rings (SSSR count). The molecule has 0 radical (unpaired) electrons. The molecule has 0 aliphatic heterocycles. The first kappa shape index (κ1) is 12.8. The van der Waals surface area contributed by atoms with E-state index < -0.39 is 5.82 Å². The van der Waals surface area contributed by atoms with Crippen molar-refractivity contribution in [3.63, 3.8) is 0 Å². The largest absolute Gasteiger partial charge is 0.389 e. The van der Waals surface area contributed by atoms with Crippen LogP contribution in [0.5, 0.6) is 0 Å². The molecule has 0 heterocycles. The Morgan fingerprint density at radius 3 is 2.44 bits per heavy atom. The van der Waals surface area contributed by atoms with Gasteiger partial charge in [-0.15, -0.1) is 0 Å². The van der Waals surface area contributed by atoms with Gasteiger partial charge in [0.2, 0.25) is 0 Å². The highest BCUT2D eigenvalue weighted by molar-refractivity contribution is 7.80. The fourth-order valence-electron chi connectivity index (χ4n) is 1.47. The normalized spacial score (nSPS) is 10.1. The first-order chi connectivity index (χ1) is 8.58. The van der Waals surface area contributed by atoms with E-state index in [9.17, 15) is 4.39 Å². The van der Waals surface area contributed by atoms with Crippen LogP contribution in [0, 0.1) is 5.82 Å². The summed E-state index contributed by atoms with van der Waals surface area (Å²) in [6.45, 7) is 0. The van der Waals surface area contributed by atoms with Crippen LogP contribution < -0.4 is 11.1 Å². The van der Waals surface area contributed by atoms with Crippen molar-refractivity contribution in [1.82, 2.24) is 0 Å². The molecule has 2 aromatic rings. The second-order valence-corrected chi connectivity index (χ2v) is 4.52. The summed E-state index contributed by atoms with van der Waals surface area (Å²) in [5.74, 6) is -0.474. The van der Waals surface area contributed by atoms with Crippen molar-refractivity contribution in [3.05, 3.63) is 58.9 Å². The smallest absolute Gasteiger partial charge is 0.165 e. The zero-order valence-electron chi connectivity index (χ0n) is 9.28. The third kappa shape index (κ3) is 2.78. The van der Waals surface area contributed by atoms with Crippen LogP contribution in [0.1, 0.15) is 5.56 Å². The number of nitrogens with two attached hydrogens (primary N) is 1. The van der Waals surface area contributed by atoms with Crippen LogP contribution in [-0.4, -0.2) is 4.99 Å². The van der Waals surface area contributed by atoms with Crippen molar-refractivity contribution in [2.75, 3.05) is 5.32 Å². The minimum atomic E-state index is -0.474. The molecule has 0 aliphatic rings. The number of benzene rings is 2. The summed E-state index contributed by atoms with van der Waals surface area (Å²) in [6.07, 6.45) is 0. The lowest BCUT2D eigenvalue weighted by Crippen LogP contribution is -2.08. The number of rotatable bonds is 3. The highest BCUT2D eigenvalue weighted by Gasteiger charge is 2.06. The molecule has 3 N–H and O–H groups in total. The van der Waals surface area contributed by atoms with Crippen LogP contribution in [0.4, 0.5) is 15.8 Å². The highest BCUT2D eigenvalue weighted by atomic mass is 35.5. The summed E-state index contributed by atoms with van der Waals surface area (Å²) >= 11 is 10.6. The number of hydrogen-bond donors (Lipinski definition) is 2. The maximum absolute atomic E-state index is 13.7. The van der Waals surface area contributed by atoms with Gasteiger partial charge >= 0.3 is 0 Å². The number of nitrogens with one attached hydrogen (secondary N) is 1. The van der Waals surface area contributed by atoms with Gasteiger partial charge in [-0.05, 0) is 36.4 Å². The Morgan fingerprint density at radius 2 is 1.83 bits per heavy atom. The Bertz CT molecular complexity index is 584. The van der Waals surface area contributed by atoms with Gasteiger partial charge in [0, 0.05) is 11.3 Å². The molecular weight excluding hydrogens is 271 g/mol. The van der Waals surface area contributed by atoms with Crippen LogP contribution in [0.15, 0.2) is 42.5 Å². The fourth-order valence-corrected chi connectivity index (χ4v) is 1.78. The maximum atomic E-state index is 13.7. The molecule has 0 bridgehead atoms. The van der Waals surface area contributed by atoms with Crippen molar-refractivity contribution in [3.8, 4) is 0 Å². The Balaban J connectivity index is 2.24. The summed E-state index contributed by atoms with van der Waals surface area (Å²) < 4.78 is 13.7. The van der Waals surface area contributed by atoms with Crippen molar-refractivity contribution in [2.24, 2.45) is 5.73 Å². The Labute approximate surface area is 115 Å². The lowest BCUT2D eigenvalue weighted by atomic mass is 10.2. The van der Waals surface area contributed by atoms with Gasteiger partial charge in [-0.3, -0.25) is 0 Å². The first-order valence-electron chi connectivity index (χ1n) is 5.19. The third-order valence-electron chi connectivity index (χ3n) is 2.40. The number of hydrogen-bond acceptors (Lipinski definition) is 2. The highest BCUT2D eigenvalue weighted by Crippen LogP contribution is 2.25. The van der Waals surface area contributed by atoms with E-state index in [0.29, 0.717) is 10.7 Å². The molecule has 2 aromatic carbocycles. The summed E-state index contributed by atoms with van der Waals surface area (Å²) in [7, 11) is 0. The van der Waals surface area contributed by atoms with E-state index in [4.69, 9.17) is 29.6 Å². The van der Waals surface area contributed by atoms with Gasteiger partial charge < -0.3 is 11.1 Å². The molecule has 18 heavy (non-hydrogen) atoms. The number of halogens is 2. The maximum Gasteiger partial charge on any atom is 0.165 e. The van der Waals surface area contributed by atoms with E-state index in [1.165, 1.54) is 6.07 Å². The van der Waals surface area contributed by atoms with Crippen LogP contribution in [0.25, 0.3) is 0 Å². The quantitative estimate of drug-likeness (QED) is 0.839. The molecule has 5 heteroatoms. The van der Waals surface area contributed by atoms with E-state index >= 15 is 0 Å². The zero-order valence-corrected chi connectivity index (χ0v) is 10.9. The molecule has 0 aliphatic carbocycles. The van der Waals surface area contributed by atoms with E-state index in [1.54, 1.807) is 36.4 Å². The average molecular weight is 281 g/mol. The van der Waals surface area contributed by atoms with Crippen molar-refractivity contribution in [2.45, 2.75) is 0 Å². The fraction of sp³-hybridized carbons (Fsp3) is 0. The zero-order chi connectivity index (χ0) is 13.1. The summed E-state index contributed by atoms with van der Waals surface area (Å²) in [5.41, 5.74) is 7.32. The molecule has 0 fully saturated rings. The number of thiocarbonyl (C=S) groups is 1. The van der Waals surface area contributed by atoms with Gasteiger partial charge in [-0.2, -0.15) is 0 Å². The average Bonchev–Trinajstić information content (AvgIpc) is 2.36. The van der Waals surface area contributed by atoms with Gasteiger partial charge in [0.15, 0.2) is 5.82 Å². The van der Waals surface area contributed by atoms with E-state index in [-0.39, 0.29) is 5.02 Å². The molecule has 0 atom stereocenters. The molecule has 0 saturated carbocycles. The van der Waals surface area contributed by atoms with Crippen molar-refractivity contribution < 1.29 is 4.39 Å². The summed E-state index contributed by atoms with van der Waals surface area (Å²) in [6, 6.07) is 11.9. The second kappa shape index (κ2) is 5.33. The van der Waals surface area contributed by atoms with Gasteiger partial charge in [0.1, 0.15) is 4.99 Å². The third-order valence-corrected chi connectivity index (χ3v) is 2.93. The van der Waals surface area contributed by atoms with Gasteiger partial charge in [0.25, 0.3) is 0 Å². The van der Waals surface area contributed by atoms with Crippen LogP contribution >= 0.6 is 23.8 Å². The van der Waals surface area contributed by atoms with Crippen LogP contribution in [-0.2, 0) is 0 Å². The van der Waals surface area contributed by atoms with Gasteiger partial charge in [-0.1, -0.05) is 29.9 Å². The molecule has 0 saturated heterocycles. The first-order valence-corrected chi connectivity index (χ1v) is 5.97. The minimum absolute atomic E-state index is 0.0831. The second-order valence-electron chi connectivity index (χ2n) is 3.67. The lowest BCUT2D eigenvalue weighted by Gasteiger charge is -2.08. The monoisotopic (exact) mass is 280 g/mol. The molecule has 92 valence electrons. The molecule has 0 spiro atoms. The predicted molar refractivity (Wildman–Crippen MR) is 77.0 cm³/mol. The molecule has 0 unspecified atom stereocenters. The summed E-state index contributed by atoms with van der Waals surface area (Å²) in [5, 5.41) is 3.02. The van der Waals surface area contributed by atoms with Crippen molar-refractivity contribution in [1.29, 1.82) is 0 Å². The van der Waals surface area contributed by atoms with Crippen molar-refractivity contribution >= 4 is 40.2 Å². The topological polar surface area (TPSA) is 38.0 Å². The molecular formula is C13H10ClFN2S. The lowest BCUT2D eigenvalue weighted by molar-refractivity contribution is 0.632. The molecule has 2 nitrogen and oxygen atoms in total. The van der Waals surface area contributed by atoms with E-state index in [1.807, 2.05) is 0 Å². The Kier molecular flexibility index (Phi) is 3.79. The van der Waals surface area contributed by atoms with Crippen LogP contribution in [0.3, 0.4) is 0 Å². The van der Waals surface area contributed by atoms with E-state index in [0.717, 1.165) is 11.3 Å². The van der Waals surface area contributed by atoms with Crippen LogP contribution in [0.2, 0.25) is 5.02 Å². The number of anilines is 2. The van der Waals surface area contributed by atoms with E-state index in [2.05, 4.69) is 5.32 Å². The van der Waals surface area contributed by atoms with Gasteiger partial charge in [0.05, 0.1) is 10.7 Å². The van der Waals surface area contributed by atoms with Gasteiger partial charge in [-0.25, -0.2) is 4.39 Å². The molecule has 0 aromatic heterocycles. The molecule has 0 amide bonds. The Hall–Kier alpha value is -1.65. The summed E-state index contributed by atoms with van der Waals surface area (Å²) in [4.78, 5) is 0.329. The minimum Gasteiger partial charge on any atom is -0.389 e. The Morgan fingerprint density at radius 1 is 1.17 bits per heavy atom. The predicted octanol–water partition coefficient (Wildman–Crippen LogP) is 3.86.